The van der Waals surface area contributed by atoms with Crippen LogP contribution >= 0.6 is 23.6 Å². The molecular weight excluding hydrogens is 385 g/mol. The van der Waals surface area contributed by atoms with E-state index in [4.69, 9.17) is 17.0 Å². The molecule has 1 aliphatic rings. The highest BCUT2D eigenvalue weighted by atomic mass is 32.1. The highest BCUT2D eigenvalue weighted by Crippen LogP contribution is 2.15. The van der Waals surface area contributed by atoms with E-state index in [0.717, 1.165) is 73.8 Å². The average molecular weight is 413 g/mol. The first kappa shape index (κ1) is 20.2. The number of anilines is 2. The van der Waals surface area contributed by atoms with Crippen LogP contribution in [0.2, 0.25) is 0 Å². The summed E-state index contributed by atoms with van der Waals surface area (Å²) in [6.45, 7) is 9.05. The summed E-state index contributed by atoms with van der Waals surface area (Å²) in [5.74, 6) is -0.191. The summed E-state index contributed by atoms with van der Waals surface area (Å²) in [6, 6.07) is 6.73. The molecule has 3 rings (SSSR count). The minimum Gasteiger partial charge on any atom is -0.382 e. The van der Waals surface area contributed by atoms with Crippen molar-refractivity contribution < 1.29 is 14.0 Å². The molecule has 2 aromatic rings. The van der Waals surface area contributed by atoms with E-state index in [9.17, 15) is 4.39 Å². The molecule has 2 heterocycles. The Morgan fingerprint density at radius 2 is 2.04 bits per heavy atom. The average Bonchev–Trinajstić information content (AvgIpc) is 3.02. The summed E-state index contributed by atoms with van der Waals surface area (Å²) < 4.78 is 21.1. The van der Waals surface area contributed by atoms with E-state index in [1.54, 1.807) is 0 Å². The van der Waals surface area contributed by atoms with Gasteiger partial charge in [-0.2, -0.15) is 4.68 Å². The maximum Gasteiger partial charge on any atom is 0.204 e. The second kappa shape index (κ2) is 10.1. The molecular formula is C18H27FN5OS2+. The van der Waals surface area contributed by atoms with Crippen molar-refractivity contribution in [3.05, 3.63) is 34.0 Å². The van der Waals surface area contributed by atoms with E-state index < -0.39 is 0 Å². The second-order valence-electron chi connectivity index (χ2n) is 6.52. The van der Waals surface area contributed by atoms with Crippen LogP contribution < -0.4 is 15.1 Å². The van der Waals surface area contributed by atoms with Gasteiger partial charge < -0.3 is 19.9 Å². The van der Waals surface area contributed by atoms with Crippen molar-refractivity contribution in [2.24, 2.45) is 0 Å². The lowest BCUT2D eigenvalue weighted by Crippen LogP contribution is -3.14. The summed E-state index contributed by atoms with van der Waals surface area (Å²) in [5, 5.41) is 8.81. The van der Waals surface area contributed by atoms with E-state index in [0.29, 0.717) is 0 Å². The summed E-state index contributed by atoms with van der Waals surface area (Å²) in [4.78, 5) is 3.76. The Hall–Kier alpha value is -1.55. The molecule has 1 fully saturated rings. The van der Waals surface area contributed by atoms with E-state index in [1.165, 1.54) is 28.4 Å². The fourth-order valence-corrected chi connectivity index (χ4v) is 4.13. The lowest BCUT2D eigenvalue weighted by molar-refractivity contribution is -0.924. The summed E-state index contributed by atoms with van der Waals surface area (Å²) in [5.41, 5.74) is 1.08. The van der Waals surface area contributed by atoms with E-state index >= 15 is 0 Å². The van der Waals surface area contributed by atoms with Gasteiger partial charge in [0, 0.05) is 25.4 Å². The maximum atomic E-state index is 13.1. The van der Waals surface area contributed by atoms with Crippen LogP contribution in [0.15, 0.2) is 24.3 Å². The molecule has 1 aliphatic heterocycles. The van der Waals surface area contributed by atoms with Crippen LogP contribution in [0.5, 0.6) is 0 Å². The van der Waals surface area contributed by atoms with Gasteiger partial charge in [0.05, 0.1) is 26.2 Å². The molecule has 1 aromatic carbocycles. The van der Waals surface area contributed by atoms with Crippen LogP contribution in [0, 0.1) is 9.77 Å². The van der Waals surface area contributed by atoms with Crippen molar-refractivity contribution >= 4 is 34.4 Å². The van der Waals surface area contributed by atoms with E-state index in [-0.39, 0.29) is 5.82 Å². The van der Waals surface area contributed by atoms with Gasteiger partial charge in [0.25, 0.3) is 0 Å². The maximum absolute atomic E-state index is 13.1. The lowest BCUT2D eigenvalue weighted by atomic mass is 10.2. The summed E-state index contributed by atoms with van der Waals surface area (Å²) in [7, 11) is 0. The smallest absolute Gasteiger partial charge is 0.204 e. The van der Waals surface area contributed by atoms with Crippen LogP contribution in [0.3, 0.4) is 0 Å². The fraction of sp³-hybridized carbons (Fsp3) is 0.556. The first-order valence-corrected chi connectivity index (χ1v) is 10.6. The monoisotopic (exact) mass is 412 g/mol. The topological polar surface area (TPSA) is 46.8 Å². The van der Waals surface area contributed by atoms with Gasteiger partial charge >= 0.3 is 0 Å². The molecule has 1 aromatic heterocycles. The Bertz CT molecular complexity index is 756. The van der Waals surface area contributed by atoms with Crippen LogP contribution in [-0.2, 0) is 11.4 Å². The number of benzene rings is 1. The molecule has 2 N–H and O–H groups in total. The summed E-state index contributed by atoms with van der Waals surface area (Å²) in [6.07, 6.45) is 0.955. The molecule has 148 valence electrons. The zero-order valence-corrected chi connectivity index (χ0v) is 17.3. The third-order valence-electron chi connectivity index (χ3n) is 4.59. The largest absolute Gasteiger partial charge is 0.382 e. The molecule has 0 amide bonds. The number of rotatable bonds is 9. The van der Waals surface area contributed by atoms with Crippen molar-refractivity contribution in [3.63, 3.8) is 0 Å². The van der Waals surface area contributed by atoms with Crippen molar-refractivity contribution in [2.45, 2.75) is 20.0 Å². The molecule has 0 radical (unpaired) electrons. The van der Waals surface area contributed by atoms with Gasteiger partial charge in [-0.3, -0.25) is 0 Å². The zero-order chi connectivity index (χ0) is 19.1. The molecule has 27 heavy (non-hydrogen) atoms. The third kappa shape index (κ3) is 5.97. The fourth-order valence-electron chi connectivity index (χ4n) is 3.09. The van der Waals surface area contributed by atoms with Crippen molar-refractivity contribution in [3.8, 4) is 0 Å². The van der Waals surface area contributed by atoms with E-state index in [2.05, 4.69) is 15.3 Å². The second-order valence-corrected chi connectivity index (χ2v) is 8.14. The number of halogens is 1. The number of quaternary nitrogens is 1. The zero-order valence-electron chi connectivity index (χ0n) is 15.6. The van der Waals surface area contributed by atoms with Crippen LogP contribution in [0.4, 0.5) is 15.2 Å². The van der Waals surface area contributed by atoms with Crippen molar-refractivity contribution in [2.75, 3.05) is 56.2 Å². The Balaban J connectivity index is 1.46. The molecule has 6 nitrogen and oxygen atoms in total. The number of piperazine rings is 1. The first-order valence-electron chi connectivity index (χ1n) is 9.39. The normalized spacial score (nSPS) is 15.3. The SMILES string of the molecule is CCOCCCNc1nn(C[NH+]2CCN(c3ccc(F)cc3)CC2)c(=S)s1. The number of aromatic nitrogens is 2. The van der Waals surface area contributed by atoms with Gasteiger partial charge in [0.1, 0.15) is 5.82 Å². The molecule has 9 heteroatoms. The highest BCUT2D eigenvalue weighted by Gasteiger charge is 2.21. The van der Waals surface area contributed by atoms with Crippen molar-refractivity contribution in [1.29, 1.82) is 0 Å². The molecule has 1 saturated heterocycles. The summed E-state index contributed by atoms with van der Waals surface area (Å²) >= 11 is 6.99. The van der Waals surface area contributed by atoms with Gasteiger partial charge in [0.15, 0.2) is 10.6 Å². The minimum absolute atomic E-state index is 0.191. The number of hydrogen-bond donors (Lipinski definition) is 2. The highest BCUT2D eigenvalue weighted by molar-refractivity contribution is 7.73. The molecule has 0 aliphatic carbocycles. The van der Waals surface area contributed by atoms with Gasteiger partial charge in [0.2, 0.25) is 5.13 Å². The Morgan fingerprint density at radius 3 is 2.74 bits per heavy atom. The van der Waals surface area contributed by atoms with Gasteiger partial charge in [-0.25, -0.2) is 4.39 Å². The molecule has 0 unspecified atom stereocenters. The van der Waals surface area contributed by atoms with Gasteiger partial charge in [-0.15, -0.1) is 5.10 Å². The predicted octanol–water partition coefficient (Wildman–Crippen LogP) is 2.01. The first-order chi connectivity index (χ1) is 13.2. The molecule has 0 spiro atoms. The Morgan fingerprint density at radius 1 is 1.30 bits per heavy atom. The number of nitrogens with one attached hydrogen (secondary N) is 2. The van der Waals surface area contributed by atoms with Gasteiger partial charge in [-0.05, 0) is 49.8 Å². The van der Waals surface area contributed by atoms with Crippen LogP contribution in [0.1, 0.15) is 13.3 Å². The number of nitrogens with zero attached hydrogens (tertiary/aromatic N) is 3. The Labute approximate surface area is 168 Å². The van der Waals surface area contributed by atoms with Crippen LogP contribution in [0.25, 0.3) is 0 Å². The quantitative estimate of drug-likeness (QED) is 0.487. The molecule has 0 saturated carbocycles. The Kier molecular flexibility index (Phi) is 7.57. The predicted molar refractivity (Wildman–Crippen MR) is 110 cm³/mol. The molecule has 0 bridgehead atoms. The van der Waals surface area contributed by atoms with E-state index in [1.807, 2.05) is 23.7 Å². The lowest BCUT2D eigenvalue weighted by Gasteiger charge is -2.33. The standard InChI is InChI=1S/C18H26FN5OS2/c1-2-25-13-3-8-20-17-21-24(18(26)27-17)14-22-9-11-23(12-10-22)16-6-4-15(19)5-7-16/h4-7H,2-3,8-14H2,1H3,(H,20,21)/p+1. The minimum atomic E-state index is -0.191. The van der Waals surface area contributed by atoms with Gasteiger partial charge in [-0.1, -0.05) is 11.3 Å². The van der Waals surface area contributed by atoms with Crippen molar-refractivity contribution in [1.82, 2.24) is 9.78 Å². The molecule has 0 atom stereocenters. The number of hydrogen-bond acceptors (Lipinski definition) is 6. The third-order valence-corrected chi connectivity index (χ3v) is 5.85. The van der Waals surface area contributed by atoms with Crippen LogP contribution in [-0.4, -0.2) is 55.7 Å². The number of ether oxygens (including phenoxy) is 1.